The van der Waals surface area contributed by atoms with Crippen LogP contribution in [0, 0.1) is 5.92 Å². The summed E-state index contributed by atoms with van der Waals surface area (Å²) in [4.78, 5) is 14.8. The molecule has 1 fully saturated rings. The molecule has 1 amide bonds. The topological polar surface area (TPSA) is 20.3 Å². The first-order chi connectivity index (χ1) is 9.05. The molecule has 0 aromatic heterocycles. The maximum absolute atomic E-state index is 12.7. The Labute approximate surface area is 124 Å². The van der Waals surface area contributed by atoms with Crippen molar-refractivity contribution in [2.24, 2.45) is 5.92 Å². The Morgan fingerprint density at radius 3 is 2.37 bits per heavy atom. The van der Waals surface area contributed by atoms with Gasteiger partial charge in [-0.3, -0.25) is 4.79 Å². The number of halogens is 1. The standard InChI is InChI=1S/C16H22BrNO/c1-16(2,14-6-4-3-5-7-14)15(19)18-10-8-13(12-17)9-11-18/h3-7,13H,8-12H2,1-2H3. The lowest BCUT2D eigenvalue weighted by Crippen LogP contribution is -2.47. The average molecular weight is 324 g/mol. The van der Waals surface area contributed by atoms with E-state index in [0.717, 1.165) is 42.7 Å². The summed E-state index contributed by atoms with van der Waals surface area (Å²) in [6.07, 6.45) is 2.23. The Balaban J connectivity index is 2.07. The highest BCUT2D eigenvalue weighted by Crippen LogP contribution is 2.28. The van der Waals surface area contributed by atoms with Crippen LogP contribution < -0.4 is 0 Å². The fourth-order valence-corrected chi connectivity index (χ4v) is 3.31. The van der Waals surface area contributed by atoms with Crippen molar-refractivity contribution in [3.8, 4) is 0 Å². The van der Waals surface area contributed by atoms with Crippen molar-refractivity contribution in [2.45, 2.75) is 32.1 Å². The Morgan fingerprint density at radius 2 is 1.84 bits per heavy atom. The van der Waals surface area contributed by atoms with Crippen molar-refractivity contribution >= 4 is 21.8 Å². The molecule has 1 saturated heterocycles. The van der Waals surface area contributed by atoms with Gasteiger partial charge >= 0.3 is 0 Å². The van der Waals surface area contributed by atoms with Gasteiger partial charge in [0.2, 0.25) is 5.91 Å². The van der Waals surface area contributed by atoms with E-state index in [1.54, 1.807) is 0 Å². The first-order valence-corrected chi connectivity index (χ1v) is 8.08. The Bertz CT molecular complexity index is 422. The summed E-state index contributed by atoms with van der Waals surface area (Å²) >= 11 is 3.54. The fourth-order valence-electron chi connectivity index (χ4n) is 2.66. The van der Waals surface area contributed by atoms with Crippen molar-refractivity contribution in [1.82, 2.24) is 4.90 Å². The Kier molecular flexibility index (Phi) is 4.67. The van der Waals surface area contributed by atoms with Crippen molar-refractivity contribution in [1.29, 1.82) is 0 Å². The number of benzene rings is 1. The number of nitrogens with zero attached hydrogens (tertiary/aromatic N) is 1. The van der Waals surface area contributed by atoms with Gasteiger partial charge in [-0.25, -0.2) is 0 Å². The smallest absolute Gasteiger partial charge is 0.232 e. The van der Waals surface area contributed by atoms with E-state index in [4.69, 9.17) is 0 Å². The summed E-state index contributed by atoms with van der Waals surface area (Å²) < 4.78 is 0. The molecular formula is C16H22BrNO. The van der Waals surface area contributed by atoms with Crippen molar-refractivity contribution < 1.29 is 4.79 Å². The summed E-state index contributed by atoms with van der Waals surface area (Å²) in [5.74, 6) is 0.982. The van der Waals surface area contributed by atoms with Gasteiger partial charge in [0.25, 0.3) is 0 Å². The maximum Gasteiger partial charge on any atom is 0.232 e. The minimum absolute atomic E-state index is 0.256. The van der Waals surface area contributed by atoms with Crippen molar-refractivity contribution in [2.75, 3.05) is 18.4 Å². The zero-order chi connectivity index (χ0) is 13.9. The first kappa shape index (κ1) is 14.6. The van der Waals surface area contributed by atoms with Crippen LogP contribution in [-0.4, -0.2) is 29.2 Å². The molecule has 0 aliphatic carbocycles. The van der Waals surface area contributed by atoms with E-state index in [0.29, 0.717) is 0 Å². The maximum atomic E-state index is 12.7. The second-order valence-corrected chi connectivity index (χ2v) is 6.53. The Hall–Kier alpha value is -0.830. The van der Waals surface area contributed by atoms with Crippen LogP contribution in [0.5, 0.6) is 0 Å². The second kappa shape index (κ2) is 6.08. The van der Waals surface area contributed by atoms with Crippen LogP contribution in [0.15, 0.2) is 30.3 Å². The summed E-state index contributed by atoms with van der Waals surface area (Å²) in [5.41, 5.74) is 0.672. The van der Waals surface area contributed by atoms with Gasteiger partial charge in [0.15, 0.2) is 0 Å². The van der Waals surface area contributed by atoms with Gasteiger partial charge in [0, 0.05) is 18.4 Å². The lowest BCUT2D eigenvalue weighted by atomic mass is 9.82. The molecule has 2 nitrogen and oxygen atoms in total. The van der Waals surface area contributed by atoms with E-state index in [1.165, 1.54) is 0 Å². The summed E-state index contributed by atoms with van der Waals surface area (Å²) in [6, 6.07) is 10.1. The number of piperidine rings is 1. The lowest BCUT2D eigenvalue weighted by Gasteiger charge is -2.36. The number of hydrogen-bond donors (Lipinski definition) is 0. The molecule has 104 valence electrons. The van der Waals surface area contributed by atoms with Gasteiger partial charge in [-0.2, -0.15) is 0 Å². The van der Waals surface area contributed by atoms with Crippen LogP contribution in [-0.2, 0) is 10.2 Å². The van der Waals surface area contributed by atoms with Crippen LogP contribution in [0.25, 0.3) is 0 Å². The number of carbonyl (C=O) groups excluding carboxylic acids is 1. The largest absolute Gasteiger partial charge is 0.342 e. The highest BCUT2D eigenvalue weighted by Gasteiger charge is 2.35. The molecule has 2 rings (SSSR count). The molecule has 0 bridgehead atoms. The van der Waals surface area contributed by atoms with E-state index in [-0.39, 0.29) is 5.91 Å². The monoisotopic (exact) mass is 323 g/mol. The van der Waals surface area contributed by atoms with Gasteiger partial charge in [-0.1, -0.05) is 46.3 Å². The van der Waals surface area contributed by atoms with Crippen LogP contribution in [0.3, 0.4) is 0 Å². The molecule has 0 atom stereocenters. The molecule has 0 saturated carbocycles. The van der Waals surface area contributed by atoms with Gasteiger partial charge in [-0.15, -0.1) is 0 Å². The van der Waals surface area contributed by atoms with Crippen LogP contribution >= 0.6 is 15.9 Å². The molecule has 0 radical (unpaired) electrons. The number of likely N-dealkylation sites (tertiary alicyclic amines) is 1. The number of rotatable bonds is 3. The Morgan fingerprint density at radius 1 is 1.26 bits per heavy atom. The van der Waals surface area contributed by atoms with E-state index in [1.807, 2.05) is 49.1 Å². The predicted octanol–water partition coefficient (Wildman–Crippen LogP) is 3.60. The number of hydrogen-bond acceptors (Lipinski definition) is 1. The molecule has 0 spiro atoms. The first-order valence-electron chi connectivity index (χ1n) is 6.96. The lowest BCUT2D eigenvalue weighted by molar-refractivity contribution is -0.137. The quantitative estimate of drug-likeness (QED) is 0.778. The molecule has 1 aliphatic rings. The van der Waals surface area contributed by atoms with Crippen LogP contribution in [0.2, 0.25) is 0 Å². The van der Waals surface area contributed by atoms with Crippen LogP contribution in [0.1, 0.15) is 32.3 Å². The second-order valence-electron chi connectivity index (χ2n) is 5.88. The van der Waals surface area contributed by atoms with Crippen LogP contribution in [0.4, 0.5) is 0 Å². The number of carbonyl (C=O) groups is 1. The SMILES string of the molecule is CC(C)(C(=O)N1CCC(CBr)CC1)c1ccccc1. The third kappa shape index (κ3) is 3.19. The number of amides is 1. The van der Waals surface area contributed by atoms with E-state index in [9.17, 15) is 4.79 Å². The van der Waals surface area contributed by atoms with Crippen molar-refractivity contribution in [3.63, 3.8) is 0 Å². The third-order valence-electron chi connectivity index (χ3n) is 4.15. The zero-order valence-electron chi connectivity index (χ0n) is 11.7. The number of alkyl halides is 1. The molecule has 0 unspecified atom stereocenters. The van der Waals surface area contributed by atoms with E-state index >= 15 is 0 Å². The minimum atomic E-state index is -0.428. The molecule has 0 N–H and O–H groups in total. The van der Waals surface area contributed by atoms with Gasteiger partial charge in [-0.05, 0) is 38.2 Å². The zero-order valence-corrected chi connectivity index (χ0v) is 13.3. The fraction of sp³-hybridized carbons (Fsp3) is 0.562. The third-order valence-corrected chi connectivity index (χ3v) is 5.07. The highest BCUT2D eigenvalue weighted by molar-refractivity contribution is 9.09. The molecule has 1 heterocycles. The van der Waals surface area contributed by atoms with Gasteiger partial charge in [0.05, 0.1) is 5.41 Å². The molecule has 1 aromatic carbocycles. The summed E-state index contributed by atoms with van der Waals surface area (Å²) in [7, 11) is 0. The predicted molar refractivity (Wildman–Crippen MR) is 82.6 cm³/mol. The highest BCUT2D eigenvalue weighted by atomic mass is 79.9. The van der Waals surface area contributed by atoms with Crippen molar-refractivity contribution in [3.05, 3.63) is 35.9 Å². The molecule has 1 aliphatic heterocycles. The molecule has 19 heavy (non-hydrogen) atoms. The minimum Gasteiger partial charge on any atom is -0.342 e. The normalized spacial score (nSPS) is 17.5. The summed E-state index contributed by atoms with van der Waals surface area (Å²) in [5, 5.41) is 1.05. The van der Waals surface area contributed by atoms with E-state index in [2.05, 4.69) is 15.9 Å². The average Bonchev–Trinajstić information content (AvgIpc) is 2.47. The van der Waals surface area contributed by atoms with E-state index < -0.39 is 5.41 Å². The van der Waals surface area contributed by atoms with Gasteiger partial charge in [0.1, 0.15) is 0 Å². The summed E-state index contributed by atoms with van der Waals surface area (Å²) in [6.45, 7) is 5.85. The molecule has 3 heteroatoms. The molecular weight excluding hydrogens is 302 g/mol. The van der Waals surface area contributed by atoms with Gasteiger partial charge < -0.3 is 4.90 Å². The molecule has 1 aromatic rings.